The SMILES string of the molecule is CCCNc1nc(NCC(C)(C)C(N)=O)c2cn[nH]c2n1. The summed E-state index contributed by atoms with van der Waals surface area (Å²) in [5.74, 6) is 0.784. The normalized spacial score (nSPS) is 11.6. The molecular formula is C13H21N7O. The first-order chi connectivity index (χ1) is 9.94. The Bertz CT molecular complexity index is 634. The second-order valence-corrected chi connectivity index (χ2v) is 5.56. The number of nitrogens with one attached hydrogen (secondary N) is 3. The van der Waals surface area contributed by atoms with Crippen LogP contribution >= 0.6 is 0 Å². The van der Waals surface area contributed by atoms with E-state index in [0.717, 1.165) is 18.4 Å². The minimum atomic E-state index is -0.669. The Labute approximate surface area is 122 Å². The van der Waals surface area contributed by atoms with E-state index < -0.39 is 5.41 Å². The van der Waals surface area contributed by atoms with Crippen molar-refractivity contribution >= 4 is 28.7 Å². The quantitative estimate of drug-likeness (QED) is 0.606. The molecule has 5 N–H and O–H groups in total. The Morgan fingerprint density at radius 1 is 1.38 bits per heavy atom. The van der Waals surface area contributed by atoms with Crippen molar-refractivity contribution in [3.8, 4) is 0 Å². The van der Waals surface area contributed by atoms with Gasteiger partial charge in [-0.05, 0) is 20.3 Å². The predicted octanol–water partition coefficient (Wildman–Crippen LogP) is 1.10. The Morgan fingerprint density at radius 2 is 2.14 bits per heavy atom. The van der Waals surface area contributed by atoms with Crippen LogP contribution in [0.3, 0.4) is 0 Å². The number of amides is 1. The third kappa shape index (κ3) is 3.39. The number of nitrogens with two attached hydrogens (primary N) is 1. The summed E-state index contributed by atoms with van der Waals surface area (Å²) in [5.41, 5.74) is 5.35. The number of primary amides is 1. The number of hydrogen-bond acceptors (Lipinski definition) is 6. The molecule has 2 heterocycles. The van der Waals surface area contributed by atoms with Gasteiger partial charge in [0.2, 0.25) is 11.9 Å². The lowest BCUT2D eigenvalue weighted by molar-refractivity contribution is -0.125. The van der Waals surface area contributed by atoms with Gasteiger partial charge in [-0.25, -0.2) is 0 Å². The second-order valence-electron chi connectivity index (χ2n) is 5.56. The Kier molecular flexibility index (Phi) is 4.25. The van der Waals surface area contributed by atoms with Crippen LogP contribution in [0.25, 0.3) is 11.0 Å². The average molecular weight is 291 g/mol. The molecule has 114 valence electrons. The third-order valence-corrected chi connectivity index (χ3v) is 3.21. The van der Waals surface area contributed by atoms with Gasteiger partial charge in [0.1, 0.15) is 5.82 Å². The maximum Gasteiger partial charge on any atom is 0.226 e. The van der Waals surface area contributed by atoms with Crippen molar-refractivity contribution in [3.63, 3.8) is 0 Å². The molecular weight excluding hydrogens is 270 g/mol. The largest absolute Gasteiger partial charge is 0.369 e. The van der Waals surface area contributed by atoms with E-state index in [9.17, 15) is 4.79 Å². The molecule has 0 aliphatic rings. The maximum absolute atomic E-state index is 11.4. The van der Waals surface area contributed by atoms with Crippen LogP contribution < -0.4 is 16.4 Å². The Balaban J connectivity index is 2.24. The first-order valence-electron chi connectivity index (χ1n) is 6.93. The fraction of sp³-hybridized carbons (Fsp3) is 0.538. The summed E-state index contributed by atoms with van der Waals surface area (Å²) in [4.78, 5) is 20.2. The molecule has 0 aliphatic carbocycles. The van der Waals surface area contributed by atoms with Gasteiger partial charge in [0.25, 0.3) is 0 Å². The predicted molar refractivity (Wildman–Crippen MR) is 81.9 cm³/mol. The van der Waals surface area contributed by atoms with Gasteiger partial charge in [0.05, 0.1) is 17.0 Å². The molecule has 0 spiro atoms. The number of rotatable bonds is 7. The van der Waals surface area contributed by atoms with Crippen molar-refractivity contribution in [2.75, 3.05) is 23.7 Å². The molecule has 21 heavy (non-hydrogen) atoms. The molecule has 8 heteroatoms. The number of carbonyl (C=O) groups is 1. The van der Waals surface area contributed by atoms with E-state index in [1.807, 2.05) is 0 Å². The highest BCUT2D eigenvalue weighted by molar-refractivity contribution is 5.87. The number of H-pyrrole nitrogens is 1. The summed E-state index contributed by atoms with van der Waals surface area (Å²) in [5, 5.41) is 13.9. The third-order valence-electron chi connectivity index (χ3n) is 3.21. The van der Waals surface area contributed by atoms with E-state index in [2.05, 4.69) is 37.7 Å². The topological polar surface area (TPSA) is 122 Å². The van der Waals surface area contributed by atoms with Crippen LogP contribution in [-0.4, -0.2) is 39.2 Å². The number of aromatic nitrogens is 4. The first kappa shape index (κ1) is 15.0. The second kappa shape index (κ2) is 5.94. The summed E-state index contributed by atoms with van der Waals surface area (Å²) >= 11 is 0. The van der Waals surface area contributed by atoms with Gasteiger partial charge >= 0.3 is 0 Å². The fourth-order valence-corrected chi connectivity index (χ4v) is 1.68. The summed E-state index contributed by atoms with van der Waals surface area (Å²) < 4.78 is 0. The zero-order chi connectivity index (χ0) is 15.5. The molecule has 0 atom stereocenters. The molecule has 0 radical (unpaired) electrons. The first-order valence-corrected chi connectivity index (χ1v) is 6.93. The Morgan fingerprint density at radius 3 is 2.81 bits per heavy atom. The molecule has 0 bridgehead atoms. The summed E-state index contributed by atoms with van der Waals surface area (Å²) in [7, 11) is 0. The highest BCUT2D eigenvalue weighted by Gasteiger charge is 2.25. The van der Waals surface area contributed by atoms with Crippen molar-refractivity contribution in [2.45, 2.75) is 27.2 Å². The highest BCUT2D eigenvalue weighted by Crippen LogP contribution is 2.22. The van der Waals surface area contributed by atoms with E-state index in [4.69, 9.17) is 5.73 Å². The monoisotopic (exact) mass is 291 g/mol. The van der Waals surface area contributed by atoms with Gasteiger partial charge < -0.3 is 16.4 Å². The van der Waals surface area contributed by atoms with Crippen LogP contribution in [0.5, 0.6) is 0 Å². The van der Waals surface area contributed by atoms with Gasteiger partial charge in [-0.1, -0.05) is 6.92 Å². The van der Waals surface area contributed by atoms with Crippen LogP contribution in [0.2, 0.25) is 0 Å². The van der Waals surface area contributed by atoms with Crippen LogP contribution in [0.1, 0.15) is 27.2 Å². The maximum atomic E-state index is 11.4. The smallest absolute Gasteiger partial charge is 0.226 e. The highest BCUT2D eigenvalue weighted by atomic mass is 16.1. The van der Waals surface area contributed by atoms with Crippen LogP contribution in [0.4, 0.5) is 11.8 Å². The van der Waals surface area contributed by atoms with Crippen molar-refractivity contribution < 1.29 is 4.79 Å². The Hall–Kier alpha value is -2.38. The molecule has 1 amide bonds. The van der Waals surface area contributed by atoms with E-state index in [-0.39, 0.29) is 5.91 Å². The van der Waals surface area contributed by atoms with Crippen molar-refractivity contribution in [1.29, 1.82) is 0 Å². The van der Waals surface area contributed by atoms with E-state index in [0.29, 0.717) is 24.0 Å². The number of hydrogen-bond donors (Lipinski definition) is 4. The minimum absolute atomic E-state index is 0.364. The molecule has 0 fully saturated rings. The van der Waals surface area contributed by atoms with Gasteiger partial charge in [0.15, 0.2) is 5.65 Å². The fourth-order valence-electron chi connectivity index (χ4n) is 1.68. The number of carbonyl (C=O) groups excluding carboxylic acids is 1. The van der Waals surface area contributed by atoms with Crippen molar-refractivity contribution in [1.82, 2.24) is 20.2 Å². The van der Waals surface area contributed by atoms with Gasteiger partial charge in [-0.3, -0.25) is 9.89 Å². The van der Waals surface area contributed by atoms with E-state index in [1.54, 1.807) is 20.0 Å². The summed E-state index contributed by atoms with van der Waals surface area (Å²) in [6, 6.07) is 0. The van der Waals surface area contributed by atoms with E-state index in [1.165, 1.54) is 0 Å². The molecule has 0 saturated carbocycles. The molecule has 0 unspecified atom stereocenters. The molecule has 8 nitrogen and oxygen atoms in total. The lowest BCUT2D eigenvalue weighted by atomic mass is 9.93. The van der Waals surface area contributed by atoms with Crippen molar-refractivity contribution in [3.05, 3.63) is 6.20 Å². The van der Waals surface area contributed by atoms with Crippen molar-refractivity contribution in [2.24, 2.45) is 11.1 Å². The minimum Gasteiger partial charge on any atom is -0.369 e. The van der Waals surface area contributed by atoms with Crippen LogP contribution in [0, 0.1) is 5.41 Å². The molecule has 2 rings (SSSR count). The molecule has 0 aromatic carbocycles. The summed E-state index contributed by atoms with van der Waals surface area (Å²) in [6.07, 6.45) is 2.63. The molecule has 2 aromatic rings. The zero-order valence-corrected chi connectivity index (χ0v) is 12.5. The number of aromatic amines is 1. The average Bonchev–Trinajstić information content (AvgIpc) is 2.90. The van der Waals surface area contributed by atoms with E-state index >= 15 is 0 Å². The molecule has 2 aromatic heterocycles. The zero-order valence-electron chi connectivity index (χ0n) is 12.5. The molecule has 0 aliphatic heterocycles. The van der Waals surface area contributed by atoms with Gasteiger partial charge in [0, 0.05) is 13.1 Å². The van der Waals surface area contributed by atoms with Gasteiger partial charge in [-0.15, -0.1) is 0 Å². The lowest BCUT2D eigenvalue weighted by Crippen LogP contribution is -2.37. The number of anilines is 2. The summed E-state index contributed by atoms with van der Waals surface area (Å²) in [6.45, 7) is 6.80. The number of nitrogens with zero attached hydrogens (tertiary/aromatic N) is 3. The standard InChI is InChI=1S/C13H21N7O/c1-4-5-15-12-18-9(8-6-17-20-10(8)19-12)16-7-13(2,3)11(14)21/h6H,4-5,7H2,1-3H3,(H2,14,21)(H3,15,16,17,18,19,20). The van der Waals surface area contributed by atoms with Crippen LogP contribution in [0.15, 0.2) is 6.20 Å². The van der Waals surface area contributed by atoms with Gasteiger partial charge in [-0.2, -0.15) is 15.1 Å². The molecule has 0 saturated heterocycles. The lowest BCUT2D eigenvalue weighted by Gasteiger charge is -2.21. The van der Waals surface area contributed by atoms with Crippen LogP contribution in [-0.2, 0) is 4.79 Å². The number of fused-ring (bicyclic) bond motifs is 1.